The number of hydrogen-bond donors (Lipinski definition) is 0. The number of aromatic nitrogens is 2. The summed E-state index contributed by atoms with van der Waals surface area (Å²) in [6.07, 6.45) is 2.35. The quantitative estimate of drug-likeness (QED) is 0.261. The molecule has 0 unspecified atom stereocenters. The van der Waals surface area contributed by atoms with Gasteiger partial charge in [-0.05, 0) is 75.9 Å². The lowest BCUT2D eigenvalue weighted by molar-refractivity contribution is -0.107. The van der Waals surface area contributed by atoms with E-state index in [1.165, 1.54) is 11.1 Å². The molecule has 0 radical (unpaired) electrons. The number of ether oxygens (including phenoxy) is 2. The summed E-state index contributed by atoms with van der Waals surface area (Å²) in [5.74, 6) is 0.308. The number of piperidine rings is 1. The third kappa shape index (κ3) is 5.28. The standard InChI is InChI=1S/C31H34N4O4S/c1-19-24-16-38-17-25(24)23-7-5-20(13-26(23)32-19)15-35(18-36)22-6-8-28-27(14-22)33-29(40-28)21-9-11-34(12-10-21)30(37)39-31(2,3)4/h5-8,13-14,18,21H,9-12,15-17H2,1-4H3. The first kappa shape index (κ1) is 26.7. The molecule has 0 spiro atoms. The molecule has 6 rings (SSSR count). The largest absolute Gasteiger partial charge is 0.444 e. The molecular formula is C31H34N4O4S. The predicted octanol–water partition coefficient (Wildman–Crippen LogP) is 6.46. The van der Waals surface area contributed by atoms with E-state index in [1.54, 1.807) is 21.1 Å². The number of carbonyl (C=O) groups excluding carboxylic acids is 2. The molecule has 2 aliphatic rings. The normalized spacial score (nSPS) is 15.9. The summed E-state index contributed by atoms with van der Waals surface area (Å²) in [5, 5.41) is 2.20. The van der Waals surface area contributed by atoms with Gasteiger partial charge < -0.3 is 19.3 Å². The number of aryl methyl sites for hydroxylation is 1. The van der Waals surface area contributed by atoms with Crippen molar-refractivity contribution in [2.45, 2.75) is 71.8 Å². The Kier molecular flexibility index (Phi) is 6.96. The van der Waals surface area contributed by atoms with Gasteiger partial charge in [0, 0.05) is 41.3 Å². The fourth-order valence-corrected chi connectivity index (χ4v) is 6.69. The first-order valence-electron chi connectivity index (χ1n) is 13.8. The number of anilines is 1. The Morgan fingerprint density at radius 1 is 1.10 bits per heavy atom. The molecule has 0 N–H and O–H groups in total. The second kappa shape index (κ2) is 10.4. The average Bonchev–Trinajstić information content (AvgIpc) is 3.58. The maximum Gasteiger partial charge on any atom is 0.410 e. The van der Waals surface area contributed by atoms with Crippen LogP contribution in [-0.2, 0) is 34.0 Å². The van der Waals surface area contributed by atoms with Crippen molar-refractivity contribution in [1.29, 1.82) is 0 Å². The molecule has 0 atom stereocenters. The van der Waals surface area contributed by atoms with Gasteiger partial charge in [0.05, 0.1) is 40.5 Å². The van der Waals surface area contributed by atoms with Crippen LogP contribution in [0.3, 0.4) is 0 Å². The fourth-order valence-electron chi connectivity index (χ4n) is 5.57. The van der Waals surface area contributed by atoms with E-state index in [1.807, 2.05) is 45.9 Å². The molecule has 8 nitrogen and oxygen atoms in total. The highest BCUT2D eigenvalue weighted by molar-refractivity contribution is 7.18. The number of rotatable bonds is 5. The molecule has 0 bridgehead atoms. The minimum Gasteiger partial charge on any atom is -0.444 e. The summed E-state index contributed by atoms with van der Waals surface area (Å²) >= 11 is 1.70. The van der Waals surface area contributed by atoms with E-state index in [4.69, 9.17) is 19.4 Å². The van der Waals surface area contributed by atoms with Crippen molar-refractivity contribution in [3.05, 3.63) is 63.8 Å². The van der Waals surface area contributed by atoms with Crippen LogP contribution in [0.25, 0.3) is 21.1 Å². The number of fused-ring (bicyclic) bond motifs is 4. The molecule has 4 aromatic rings. The van der Waals surface area contributed by atoms with E-state index in [0.29, 0.717) is 38.8 Å². The molecule has 2 amide bonds. The first-order chi connectivity index (χ1) is 19.2. The highest BCUT2D eigenvalue weighted by Crippen LogP contribution is 2.36. The van der Waals surface area contributed by atoms with E-state index in [9.17, 15) is 9.59 Å². The minimum absolute atomic E-state index is 0.246. The second-order valence-corrected chi connectivity index (χ2v) is 12.7. The van der Waals surface area contributed by atoms with Crippen molar-refractivity contribution in [3.8, 4) is 0 Å². The van der Waals surface area contributed by atoms with E-state index in [2.05, 4.69) is 18.2 Å². The Bertz CT molecular complexity index is 1600. The lowest BCUT2D eigenvalue weighted by Gasteiger charge is -2.32. The Morgan fingerprint density at radius 2 is 1.88 bits per heavy atom. The second-order valence-electron chi connectivity index (χ2n) is 11.7. The van der Waals surface area contributed by atoms with Crippen molar-refractivity contribution in [2.75, 3.05) is 18.0 Å². The fraction of sp³-hybridized carbons (Fsp3) is 0.419. The molecule has 0 aliphatic carbocycles. The van der Waals surface area contributed by atoms with Crippen LogP contribution in [-0.4, -0.2) is 46.1 Å². The van der Waals surface area contributed by atoms with Crippen molar-refractivity contribution < 1.29 is 19.1 Å². The summed E-state index contributed by atoms with van der Waals surface area (Å²) < 4.78 is 12.3. The number of hydrogen-bond acceptors (Lipinski definition) is 7. The SMILES string of the molecule is Cc1nc2cc(CN(C=O)c3ccc4sc(C5CCN(C(=O)OC(C)(C)C)CC5)nc4c3)ccc2c2c1COC2. The number of likely N-dealkylation sites (tertiary alicyclic amines) is 1. The van der Waals surface area contributed by atoms with Crippen LogP contribution in [0, 0.1) is 6.92 Å². The van der Waals surface area contributed by atoms with Crippen molar-refractivity contribution in [3.63, 3.8) is 0 Å². The van der Waals surface area contributed by atoms with E-state index in [0.717, 1.165) is 62.3 Å². The predicted molar refractivity (Wildman–Crippen MR) is 157 cm³/mol. The number of pyridine rings is 1. The van der Waals surface area contributed by atoms with Crippen LogP contribution in [0.4, 0.5) is 10.5 Å². The number of amides is 2. The maximum atomic E-state index is 12.4. The highest BCUT2D eigenvalue weighted by Gasteiger charge is 2.29. The molecular weight excluding hydrogens is 524 g/mol. The third-order valence-corrected chi connectivity index (χ3v) is 8.86. The zero-order valence-corrected chi connectivity index (χ0v) is 24.2. The lowest BCUT2D eigenvalue weighted by Crippen LogP contribution is -2.41. The van der Waals surface area contributed by atoms with Gasteiger partial charge in [-0.2, -0.15) is 0 Å². The Morgan fingerprint density at radius 3 is 2.62 bits per heavy atom. The Labute approximate surface area is 237 Å². The van der Waals surface area contributed by atoms with Crippen LogP contribution >= 0.6 is 11.3 Å². The molecule has 2 aromatic carbocycles. The molecule has 9 heteroatoms. The van der Waals surface area contributed by atoms with Gasteiger partial charge >= 0.3 is 6.09 Å². The number of carbonyl (C=O) groups is 2. The molecule has 1 fully saturated rings. The van der Waals surface area contributed by atoms with Gasteiger partial charge in [0.1, 0.15) is 5.60 Å². The van der Waals surface area contributed by atoms with Crippen molar-refractivity contribution in [1.82, 2.24) is 14.9 Å². The number of benzene rings is 2. The van der Waals surface area contributed by atoms with Gasteiger partial charge in [0.2, 0.25) is 6.41 Å². The summed E-state index contributed by atoms with van der Waals surface area (Å²) in [7, 11) is 0. The highest BCUT2D eigenvalue weighted by atomic mass is 32.1. The average molecular weight is 559 g/mol. The molecule has 2 aromatic heterocycles. The molecule has 208 valence electrons. The van der Waals surface area contributed by atoms with Gasteiger partial charge in [-0.15, -0.1) is 11.3 Å². The molecule has 4 heterocycles. The van der Waals surface area contributed by atoms with Gasteiger partial charge in [0.15, 0.2) is 0 Å². The Hall–Kier alpha value is -3.56. The van der Waals surface area contributed by atoms with Gasteiger partial charge in [-0.3, -0.25) is 9.78 Å². The van der Waals surface area contributed by atoms with Gasteiger partial charge in [0.25, 0.3) is 0 Å². The minimum atomic E-state index is -0.492. The number of thiazole rings is 1. The van der Waals surface area contributed by atoms with E-state index >= 15 is 0 Å². The topological polar surface area (TPSA) is 84.9 Å². The summed E-state index contributed by atoms with van der Waals surface area (Å²) in [5.41, 5.74) is 6.58. The first-order valence-corrected chi connectivity index (χ1v) is 14.6. The number of nitrogens with zero attached hydrogens (tertiary/aromatic N) is 4. The molecule has 40 heavy (non-hydrogen) atoms. The van der Waals surface area contributed by atoms with Crippen molar-refractivity contribution in [2.24, 2.45) is 0 Å². The van der Waals surface area contributed by atoms with Crippen LogP contribution in [0.2, 0.25) is 0 Å². The zero-order chi connectivity index (χ0) is 28.0. The summed E-state index contributed by atoms with van der Waals surface area (Å²) in [6, 6.07) is 12.3. The summed E-state index contributed by atoms with van der Waals surface area (Å²) in [4.78, 5) is 37.9. The third-order valence-electron chi connectivity index (χ3n) is 7.66. The zero-order valence-electron chi connectivity index (χ0n) is 23.4. The molecule has 0 saturated carbocycles. The van der Waals surface area contributed by atoms with Crippen LogP contribution < -0.4 is 4.90 Å². The molecule has 2 aliphatic heterocycles. The van der Waals surface area contributed by atoms with E-state index < -0.39 is 5.60 Å². The molecule has 1 saturated heterocycles. The smallest absolute Gasteiger partial charge is 0.410 e. The van der Waals surface area contributed by atoms with Crippen molar-refractivity contribution >= 4 is 50.6 Å². The van der Waals surface area contributed by atoms with Crippen LogP contribution in [0.5, 0.6) is 0 Å². The van der Waals surface area contributed by atoms with Gasteiger partial charge in [-0.1, -0.05) is 12.1 Å². The monoisotopic (exact) mass is 558 g/mol. The Balaban J connectivity index is 1.17. The van der Waals surface area contributed by atoms with Crippen LogP contribution in [0.1, 0.15) is 66.9 Å². The van der Waals surface area contributed by atoms with E-state index in [-0.39, 0.29) is 6.09 Å². The van der Waals surface area contributed by atoms with Gasteiger partial charge in [-0.25, -0.2) is 9.78 Å². The lowest BCUT2D eigenvalue weighted by atomic mass is 9.98. The van der Waals surface area contributed by atoms with Crippen LogP contribution in [0.15, 0.2) is 36.4 Å². The maximum absolute atomic E-state index is 12.4. The summed E-state index contributed by atoms with van der Waals surface area (Å²) in [6.45, 7) is 10.7.